The number of aliphatic hydroxyl groups is 1. The molecule has 2 rings (SSSR count). The topological polar surface area (TPSA) is 139 Å². The molecule has 0 saturated heterocycles. The van der Waals surface area contributed by atoms with Crippen molar-refractivity contribution >= 4 is 17.8 Å². The van der Waals surface area contributed by atoms with E-state index in [-0.39, 0.29) is 0 Å². The predicted molar refractivity (Wildman–Crippen MR) is 109 cm³/mol. The molecule has 2 unspecified atom stereocenters. The number of aromatic carboxylic acids is 1. The molecule has 0 saturated carbocycles. The van der Waals surface area contributed by atoms with Crippen LogP contribution in [0.15, 0.2) is 24.3 Å². The molecule has 174 valence electrons. The summed E-state index contributed by atoms with van der Waals surface area (Å²) in [6.45, 7) is 4.95. The number of carboxylic acid groups (broad SMARTS) is 1. The first kappa shape index (κ1) is 26.6. The Morgan fingerprint density at radius 3 is 1.88 bits per heavy atom. The fraction of sp³-hybridized carbons (Fsp3) is 0.381. The van der Waals surface area contributed by atoms with E-state index in [2.05, 4.69) is 20.0 Å². The number of nitrogens with one attached hydrogen (secondary N) is 1. The number of carboxylic acids is 1. The van der Waals surface area contributed by atoms with Crippen LogP contribution in [0.25, 0.3) is 0 Å². The molecule has 0 aliphatic rings. The van der Waals surface area contributed by atoms with Gasteiger partial charge in [-0.1, -0.05) is 13.8 Å². The number of esters is 1. The lowest BCUT2D eigenvalue weighted by Gasteiger charge is -2.18. The summed E-state index contributed by atoms with van der Waals surface area (Å²) in [7, 11) is 1.13. The van der Waals surface area contributed by atoms with Crippen LogP contribution >= 0.6 is 0 Å². The molecule has 3 N–H and O–H groups in total. The number of halogens is 2. The van der Waals surface area contributed by atoms with Crippen molar-refractivity contribution in [2.45, 2.75) is 45.8 Å². The second kappa shape index (κ2) is 12.4. The van der Waals surface area contributed by atoms with E-state index < -0.39 is 53.0 Å². The molecule has 9 nitrogen and oxygen atoms in total. The van der Waals surface area contributed by atoms with Crippen molar-refractivity contribution in [3.05, 3.63) is 58.7 Å². The van der Waals surface area contributed by atoms with Gasteiger partial charge in [0.15, 0.2) is 29.1 Å². The van der Waals surface area contributed by atoms with Gasteiger partial charge >= 0.3 is 11.9 Å². The Kier molecular flexibility index (Phi) is 10.3. The highest BCUT2D eigenvalue weighted by atomic mass is 19.1. The first-order valence-electron chi connectivity index (χ1n) is 9.66. The fourth-order valence-electron chi connectivity index (χ4n) is 2.38. The van der Waals surface area contributed by atoms with Crippen LogP contribution in [0.4, 0.5) is 8.78 Å². The predicted octanol–water partition coefficient (Wildman–Crippen LogP) is 1.92. The second-order valence-electron chi connectivity index (χ2n) is 6.49. The molecule has 2 heterocycles. The van der Waals surface area contributed by atoms with E-state index in [1.807, 2.05) is 13.8 Å². The van der Waals surface area contributed by atoms with Gasteiger partial charge in [-0.15, -0.1) is 0 Å². The van der Waals surface area contributed by atoms with Crippen molar-refractivity contribution in [2.75, 3.05) is 7.11 Å². The summed E-state index contributed by atoms with van der Waals surface area (Å²) in [5, 5.41) is 20.1. The summed E-state index contributed by atoms with van der Waals surface area (Å²) in [5.74, 6) is -4.62. The SMILES string of the molecule is CCc1ccc(F)c(C(=O)NC(C(=O)OC)C(C)O)n1.CCc1ccc(F)c(C(=O)O)n1. The zero-order valence-electron chi connectivity index (χ0n) is 18.1. The number of carbonyl (C=O) groups is 3. The number of aliphatic hydroxyl groups excluding tert-OH is 1. The van der Waals surface area contributed by atoms with Gasteiger partial charge in [0.05, 0.1) is 13.2 Å². The van der Waals surface area contributed by atoms with Gasteiger partial charge in [0, 0.05) is 11.4 Å². The van der Waals surface area contributed by atoms with Crippen LogP contribution in [0, 0.1) is 11.6 Å². The number of nitrogens with zero attached hydrogens (tertiary/aromatic N) is 2. The fourth-order valence-corrected chi connectivity index (χ4v) is 2.38. The molecule has 11 heteroatoms. The van der Waals surface area contributed by atoms with Gasteiger partial charge in [0.2, 0.25) is 0 Å². The highest BCUT2D eigenvalue weighted by Crippen LogP contribution is 2.08. The summed E-state index contributed by atoms with van der Waals surface area (Å²) in [4.78, 5) is 41.2. The summed E-state index contributed by atoms with van der Waals surface area (Å²) in [6, 6.07) is 3.92. The summed E-state index contributed by atoms with van der Waals surface area (Å²) in [6.07, 6.45) is -0.0402. The number of aromatic nitrogens is 2. The summed E-state index contributed by atoms with van der Waals surface area (Å²) < 4.78 is 30.8. The lowest BCUT2D eigenvalue weighted by atomic mass is 10.1. The van der Waals surface area contributed by atoms with Crippen LogP contribution in [-0.4, -0.2) is 57.3 Å². The van der Waals surface area contributed by atoms with Crippen LogP contribution in [-0.2, 0) is 22.4 Å². The van der Waals surface area contributed by atoms with Crippen molar-refractivity contribution in [2.24, 2.45) is 0 Å². The summed E-state index contributed by atoms with van der Waals surface area (Å²) >= 11 is 0. The Hall–Kier alpha value is -3.47. The molecule has 0 spiro atoms. The number of hydrogen-bond acceptors (Lipinski definition) is 7. The van der Waals surface area contributed by atoms with Gasteiger partial charge in [-0.2, -0.15) is 0 Å². The lowest BCUT2D eigenvalue weighted by molar-refractivity contribution is -0.145. The number of carbonyl (C=O) groups excluding carboxylic acids is 2. The monoisotopic (exact) mass is 453 g/mol. The van der Waals surface area contributed by atoms with Crippen LogP contribution in [0.5, 0.6) is 0 Å². The van der Waals surface area contributed by atoms with E-state index in [9.17, 15) is 28.3 Å². The molecule has 0 aromatic carbocycles. The minimum Gasteiger partial charge on any atom is -0.476 e. The van der Waals surface area contributed by atoms with Gasteiger partial charge < -0.3 is 20.3 Å². The molecule has 2 atom stereocenters. The van der Waals surface area contributed by atoms with E-state index in [0.29, 0.717) is 24.2 Å². The van der Waals surface area contributed by atoms with Gasteiger partial charge in [-0.25, -0.2) is 28.3 Å². The van der Waals surface area contributed by atoms with Crippen molar-refractivity contribution in [1.29, 1.82) is 0 Å². The number of methoxy groups -OCH3 is 1. The molecule has 0 bridgehead atoms. The third kappa shape index (κ3) is 7.34. The minimum absolute atomic E-state index is 0.418. The number of rotatable bonds is 7. The van der Waals surface area contributed by atoms with E-state index in [1.165, 1.54) is 19.1 Å². The molecule has 1 amide bonds. The van der Waals surface area contributed by atoms with Gasteiger partial charge in [-0.05, 0) is 44.0 Å². The molecular formula is C21H25F2N3O6. The molecule has 2 aromatic heterocycles. The number of pyridine rings is 2. The highest BCUT2D eigenvalue weighted by molar-refractivity contribution is 5.95. The maximum atomic E-state index is 13.6. The van der Waals surface area contributed by atoms with Crippen LogP contribution < -0.4 is 5.32 Å². The highest BCUT2D eigenvalue weighted by Gasteiger charge is 2.28. The number of hydrogen-bond donors (Lipinski definition) is 3. The van der Waals surface area contributed by atoms with Gasteiger partial charge in [-0.3, -0.25) is 4.79 Å². The molecule has 32 heavy (non-hydrogen) atoms. The van der Waals surface area contributed by atoms with E-state index in [4.69, 9.17) is 5.11 Å². The maximum Gasteiger partial charge on any atom is 0.357 e. The zero-order chi connectivity index (χ0) is 24.4. The van der Waals surface area contributed by atoms with Crippen molar-refractivity contribution in [3.8, 4) is 0 Å². The smallest absolute Gasteiger partial charge is 0.357 e. The number of aryl methyl sites for hydroxylation is 2. The average molecular weight is 453 g/mol. The Morgan fingerprint density at radius 2 is 1.47 bits per heavy atom. The Balaban J connectivity index is 0.000000363. The largest absolute Gasteiger partial charge is 0.476 e. The van der Waals surface area contributed by atoms with Crippen LogP contribution in [0.1, 0.15) is 53.1 Å². The second-order valence-corrected chi connectivity index (χ2v) is 6.49. The van der Waals surface area contributed by atoms with Crippen molar-refractivity contribution in [1.82, 2.24) is 15.3 Å². The Morgan fingerprint density at radius 1 is 1.00 bits per heavy atom. The Bertz CT molecular complexity index is 969. The Labute approximate surface area is 183 Å². The number of ether oxygens (including phenoxy) is 1. The molecular weight excluding hydrogens is 428 g/mol. The average Bonchev–Trinajstić information content (AvgIpc) is 2.77. The van der Waals surface area contributed by atoms with Crippen LogP contribution in [0.3, 0.4) is 0 Å². The van der Waals surface area contributed by atoms with E-state index in [0.717, 1.165) is 19.2 Å². The third-order valence-corrected chi connectivity index (χ3v) is 4.17. The first-order valence-corrected chi connectivity index (χ1v) is 9.66. The van der Waals surface area contributed by atoms with Crippen molar-refractivity contribution in [3.63, 3.8) is 0 Å². The normalized spacial score (nSPS) is 12.1. The molecule has 0 fully saturated rings. The molecule has 0 radical (unpaired) electrons. The van der Waals surface area contributed by atoms with E-state index in [1.54, 1.807) is 0 Å². The molecule has 0 aliphatic carbocycles. The van der Waals surface area contributed by atoms with Gasteiger partial charge in [0.25, 0.3) is 5.91 Å². The van der Waals surface area contributed by atoms with Gasteiger partial charge in [0.1, 0.15) is 0 Å². The lowest BCUT2D eigenvalue weighted by Crippen LogP contribution is -2.48. The summed E-state index contributed by atoms with van der Waals surface area (Å²) in [5.41, 5.74) is 0.199. The number of amides is 1. The van der Waals surface area contributed by atoms with Crippen molar-refractivity contribution < 1.29 is 38.1 Å². The maximum absolute atomic E-state index is 13.6. The van der Waals surface area contributed by atoms with E-state index >= 15 is 0 Å². The minimum atomic E-state index is -1.33. The standard InChI is InChI=1S/C13H17FN2O4.C8H8FNO2/c1-4-8-5-6-9(14)11(15-8)12(18)16-10(7(2)17)13(19)20-3;1-2-5-3-4-6(9)7(10-5)8(11)12/h5-7,10,17H,4H2,1-3H3,(H,16,18);3-4H,2H2,1H3,(H,11,12). The molecule has 0 aliphatic heterocycles. The first-order chi connectivity index (χ1) is 15.0. The quantitative estimate of drug-likeness (QED) is 0.541. The van der Waals surface area contributed by atoms with Crippen LogP contribution in [0.2, 0.25) is 0 Å². The third-order valence-electron chi connectivity index (χ3n) is 4.17. The molecule has 2 aromatic rings. The zero-order valence-corrected chi connectivity index (χ0v) is 18.1.